The van der Waals surface area contributed by atoms with Crippen LogP contribution in [0.25, 0.3) is 11.1 Å². The number of carbonyl (C=O) groups is 2. The Bertz CT molecular complexity index is 1220. The lowest BCUT2D eigenvalue weighted by atomic mass is 10.0. The molecular weight excluding hydrogens is 412 g/mol. The average molecular weight is 437 g/mol. The molecule has 5 heteroatoms. The maximum absolute atomic E-state index is 12.8. The average Bonchev–Trinajstić information content (AvgIpc) is 2.86. The van der Waals surface area contributed by atoms with Crippen molar-refractivity contribution < 1.29 is 14.3 Å². The number of para-hydroxylation sites is 1. The molecule has 0 spiro atoms. The van der Waals surface area contributed by atoms with Gasteiger partial charge in [-0.2, -0.15) is 0 Å². The quantitative estimate of drug-likeness (QED) is 0.373. The molecule has 1 atom stereocenters. The van der Waals surface area contributed by atoms with Crippen LogP contribution in [0.1, 0.15) is 17.3 Å². The minimum Gasteiger partial charge on any atom is -0.481 e. The molecule has 0 fully saturated rings. The molecule has 0 unspecified atom stereocenters. The molecule has 0 saturated heterocycles. The van der Waals surface area contributed by atoms with Gasteiger partial charge in [0.25, 0.3) is 11.8 Å². The second-order valence-electron chi connectivity index (χ2n) is 7.51. The lowest BCUT2D eigenvalue weighted by Gasteiger charge is -2.17. The van der Waals surface area contributed by atoms with Crippen LogP contribution in [0.5, 0.6) is 5.75 Å². The Morgan fingerprint density at radius 1 is 0.697 bits per heavy atom. The van der Waals surface area contributed by atoms with Crippen LogP contribution in [0.4, 0.5) is 11.4 Å². The summed E-state index contributed by atoms with van der Waals surface area (Å²) in [4.78, 5) is 25.1. The zero-order chi connectivity index (χ0) is 23.0. The van der Waals surface area contributed by atoms with Gasteiger partial charge in [-0.25, -0.2) is 0 Å². The van der Waals surface area contributed by atoms with Crippen LogP contribution in [-0.2, 0) is 4.79 Å². The number of carbonyl (C=O) groups excluding carboxylic acids is 2. The number of ether oxygens (including phenoxy) is 1. The van der Waals surface area contributed by atoms with Crippen molar-refractivity contribution in [3.8, 4) is 16.9 Å². The third kappa shape index (κ3) is 5.66. The van der Waals surface area contributed by atoms with E-state index < -0.39 is 6.10 Å². The van der Waals surface area contributed by atoms with Crippen LogP contribution in [0.15, 0.2) is 109 Å². The molecule has 33 heavy (non-hydrogen) atoms. The second-order valence-corrected chi connectivity index (χ2v) is 7.51. The summed E-state index contributed by atoms with van der Waals surface area (Å²) in [6.07, 6.45) is -0.710. The van der Waals surface area contributed by atoms with Gasteiger partial charge >= 0.3 is 0 Å². The van der Waals surface area contributed by atoms with Crippen LogP contribution >= 0.6 is 0 Å². The molecule has 0 aliphatic carbocycles. The van der Waals surface area contributed by atoms with E-state index in [9.17, 15) is 9.59 Å². The van der Waals surface area contributed by atoms with E-state index in [0.717, 1.165) is 16.8 Å². The number of rotatable bonds is 7. The van der Waals surface area contributed by atoms with Gasteiger partial charge in [0.05, 0.1) is 0 Å². The molecule has 4 aromatic rings. The monoisotopic (exact) mass is 436 g/mol. The smallest absolute Gasteiger partial charge is 0.265 e. The lowest BCUT2D eigenvalue weighted by Crippen LogP contribution is -2.30. The molecule has 5 nitrogen and oxygen atoms in total. The van der Waals surface area contributed by atoms with Crippen LogP contribution in [0, 0.1) is 0 Å². The van der Waals surface area contributed by atoms with E-state index in [-0.39, 0.29) is 11.8 Å². The van der Waals surface area contributed by atoms with Crippen molar-refractivity contribution in [3.05, 3.63) is 115 Å². The van der Waals surface area contributed by atoms with Crippen LogP contribution in [-0.4, -0.2) is 17.9 Å². The van der Waals surface area contributed by atoms with Crippen LogP contribution in [0.3, 0.4) is 0 Å². The third-order valence-electron chi connectivity index (χ3n) is 5.10. The summed E-state index contributed by atoms with van der Waals surface area (Å²) in [5, 5.41) is 5.81. The number of nitrogens with one attached hydrogen (secondary N) is 2. The number of benzene rings is 4. The van der Waals surface area contributed by atoms with Crippen molar-refractivity contribution in [1.29, 1.82) is 0 Å². The summed E-state index contributed by atoms with van der Waals surface area (Å²) in [6.45, 7) is 1.70. The fraction of sp³-hybridized carbons (Fsp3) is 0.0714. The molecule has 0 radical (unpaired) electrons. The maximum atomic E-state index is 12.8. The molecule has 0 bridgehead atoms. The summed E-state index contributed by atoms with van der Waals surface area (Å²) < 4.78 is 5.81. The highest BCUT2D eigenvalue weighted by Gasteiger charge is 2.17. The van der Waals surface area contributed by atoms with E-state index in [1.807, 2.05) is 72.8 Å². The van der Waals surface area contributed by atoms with Gasteiger partial charge in [0.1, 0.15) is 5.75 Å². The normalized spacial score (nSPS) is 11.3. The summed E-state index contributed by atoms with van der Waals surface area (Å²) >= 11 is 0. The predicted molar refractivity (Wildman–Crippen MR) is 131 cm³/mol. The number of anilines is 2. The standard InChI is InChI=1S/C28H24N2O3/c1-20(27(31)30-26-15-9-8-14-25(26)21-10-4-2-5-11-21)33-24-18-16-23(17-19-24)29-28(32)22-12-6-3-7-13-22/h2-20H,1H3,(H,29,32)(H,30,31)/t20-/m1/s1. The zero-order valence-electron chi connectivity index (χ0n) is 18.2. The highest BCUT2D eigenvalue weighted by atomic mass is 16.5. The minimum atomic E-state index is -0.710. The van der Waals surface area contributed by atoms with Gasteiger partial charge in [-0.1, -0.05) is 66.7 Å². The van der Waals surface area contributed by atoms with Gasteiger partial charge in [-0.05, 0) is 55.0 Å². The van der Waals surface area contributed by atoms with E-state index >= 15 is 0 Å². The van der Waals surface area contributed by atoms with Gasteiger partial charge in [0, 0.05) is 22.5 Å². The largest absolute Gasteiger partial charge is 0.481 e. The first-order valence-corrected chi connectivity index (χ1v) is 10.7. The highest BCUT2D eigenvalue weighted by Crippen LogP contribution is 2.28. The van der Waals surface area contributed by atoms with E-state index in [1.54, 1.807) is 43.3 Å². The lowest BCUT2D eigenvalue weighted by molar-refractivity contribution is -0.122. The molecule has 0 saturated carbocycles. The molecular formula is C28H24N2O3. The number of hydrogen-bond donors (Lipinski definition) is 2. The summed E-state index contributed by atoms with van der Waals surface area (Å²) in [7, 11) is 0. The molecule has 0 aliphatic rings. The van der Waals surface area contributed by atoms with Gasteiger partial charge in [0.2, 0.25) is 0 Å². The number of hydrogen-bond acceptors (Lipinski definition) is 3. The summed E-state index contributed by atoms with van der Waals surface area (Å²) in [5.41, 5.74) is 3.92. The van der Waals surface area contributed by atoms with E-state index in [4.69, 9.17) is 4.74 Å². The maximum Gasteiger partial charge on any atom is 0.265 e. The van der Waals surface area contributed by atoms with Crippen molar-refractivity contribution in [2.24, 2.45) is 0 Å². The van der Waals surface area contributed by atoms with E-state index in [1.165, 1.54) is 0 Å². The second kappa shape index (κ2) is 10.3. The Hall–Kier alpha value is -4.38. The molecule has 0 aromatic heterocycles. The Morgan fingerprint density at radius 3 is 2.00 bits per heavy atom. The van der Waals surface area contributed by atoms with Crippen molar-refractivity contribution in [1.82, 2.24) is 0 Å². The molecule has 2 N–H and O–H groups in total. The predicted octanol–water partition coefficient (Wildman–Crippen LogP) is 6.01. The van der Waals surface area contributed by atoms with Gasteiger partial charge in [-0.3, -0.25) is 9.59 Å². The van der Waals surface area contributed by atoms with E-state index in [2.05, 4.69) is 10.6 Å². The topological polar surface area (TPSA) is 67.4 Å². The molecule has 0 aliphatic heterocycles. The van der Waals surface area contributed by atoms with Crippen LogP contribution in [0.2, 0.25) is 0 Å². The fourth-order valence-electron chi connectivity index (χ4n) is 3.36. The fourth-order valence-corrected chi connectivity index (χ4v) is 3.36. The van der Waals surface area contributed by atoms with E-state index in [0.29, 0.717) is 17.0 Å². The molecule has 4 rings (SSSR count). The SMILES string of the molecule is C[C@@H](Oc1ccc(NC(=O)c2ccccc2)cc1)C(=O)Nc1ccccc1-c1ccccc1. The Morgan fingerprint density at radius 2 is 1.30 bits per heavy atom. The van der Waals surface area contributed by atoms with Gasteiger partial charge < -0.3 is 15.4 Å². The Kier molecular flexibility index (Phi) is 6.81. The Labute approximate surface area is 193 Å². The summed E-state index contributed by atoms with van der Waals surface area (Å²) in [5.74, 6) is 0.0978. The van der Waals surface area contributed by atoms with Crippen molar-refractivity contribution in [2.75, 3.05) is 10.6 Å². The van der Waals surface area contributed by atoms with Crippen LogP contribution < -0.4 is 15.4 Å². The first-order valence-electron chi connectivity index (χ1n) is 10.7. The Balaban J connectivity index is 1.37. The molecule has 2 amide bonds. The first-order chi connectivity index (χ1) is 16.1. The molecule has 4 aromatic carbocycles. The first kappa shape index (κ1) is 21.8. The molecule has 0 heterocycles. The van der Waals surface area contributed by atoms with Gasteiger partial charge in [-0.15, -0.1) is 0 Å². The molecule has 164 valence electrons. The third-order valence-corrected chi connectivity index (χ3v) is 5.10. The van der Waals surface area contributed by atoms with Gasteiger partial charge in [0.15, 0.2) is 6.10 Å². The minimum absolute atomic E-state index is 0.186. The zero-order valence-corrected chi connectivity index (χ0v) is 18.2. The summed E-state index contributed by atoms with van der Waals surface area (Å²) in [6, 6.07) is 33.5. The van der Waals surface area contributed by atoms with Crippen molar-refractivity contribution >= 4 is 23.2 Å². The van der Waals surface area contributed by atoms with Crippen molar-refractivity contribution in [2.45, 2.75) is 13.0 Å². The highest BCUT2D eigenvalue weighted by molar-refractivity contribution is 6.04. The van der Waals surface area contributed by atoms with Crippen molar-refractivity contribution in [3.63, 3.8) is 0 Å². The number of amides is 2.